The summed E-state index contributed by atoms with van der Waals surface area (Å²) in [5, 5.41) is 9.49. The van der Waals surface area contributed by atoms with Crippen LogP contribution in [0.2, 0.25) is 0 Å². The van der Waals surface area contributed by atoms with E-state index in [9.17, 15) is 5.11 Å². The maximum absolute atomic E-state index is 9.49. The quantitative estimate of drug-likeness (QED) is 0.869. The van der Waals surface area contributed by atoms with Gasteiger partial charge in [0, 0.05) is 44.9 Å². The van der Waals surface area contributed by atoms with Crippen LogP contribution in [0.3, 0.4) is 0 Å². The van der Waals surface area contributed by atoms with Crippen LogP contribution in [0.15, 0.2) is 18.2 Å². The van der Waals surface area contributed by atoms with Crippen LogP contribution in [0.25, 0.3) is 0 Å². The molecule has 1 aliphatic carbocycles. The SMILES string of the molecule is COc1ccc(CN2CCN(C3CCCC3)[C@H](CCO)C2)cc1C. The van der Waals surface area contributed by atoms with E-state index in [0.29, 0.717) is 12.6 Å². The first-order valence-electron chi connectivity index (χ1n) is 9.43. The second kappa shape index (κ2) is 8.32. The van der Waals surface area contributed by atoms with E-state index in [1.807, 2.05) is 0 Å². The van der Waals surface area contributed by atoms with Crippen molar-refractivity contribution in [3.63, 3.8) is 0 Å². The van der Waals surface area contributed by atoms with Crippen molar-refractivity contribution < 1.29 is 9.84 Å². The number of nitrogens with zero attached hydrogens (tertiary/aromatic N) is 2. The Balaban J connectivity index is 1.62. The molecule has 4 heteroatoms. The molecule has 2 fully saturated rings. The number of hydrogen-bond donors (Lipinski definition) is 1. The highest BCUT2D eigenvalue weighted by Gasteiger charge is 2.32. The second-order valence-corrected chi connectivity index (χ2v) is 7.38. The number of aryl methyl sites for hydroxylation is 1. The molecule has 0 bridgehead atoms. The normalized spacial score (nSPS) is 23.7. The molecule has 1 N–H and O–H groups in total. The van der Waals surface area contributed by atoms with Crippen molar-refractivity contribution in [2.45, 2.75) is 57.7 Å². The molecular formula is C20H32N2O2. The molecule has 1 saturated heterocycles. The number of hydrogen-bond acceptors (Lipinski definition) is 4. The van der Waals surface area contributed by atoms with Gasteiger partial charge in [-0.15, -0.1) is 0 Å². The van der Waals surface area contributed by atoms with Crippen LogP contribution in [0.4, 0.5) is 0 Å². The number of piperazine rings is 1. The second-order valence-electron chi connectivity index (χ2n) is 7.38. The predicted octanol–water partition coefficient (Wildman–Crippen LogP) is 2.81. The van der Waals surface area contributed by atoms with Crippen LogP contribution < -0.4 is 4.74 Å². The lowest BCUT2D eigenvalue weighted by atomic mass is 10.0. The molecule has 0 aromatic heterocycles. The van der Waals surface area contributed by atoms with E-state index in [4.69, 9.17) is 4.74 Å². The number of benzene rings is 1. The molecule has 0 spiro atoms. The minimum Gasteiger partial charge on any atom is -0.496 e. The van der Waals surface area contributed by atoms with Crippen LogP contribution in [-0.2, 0) is 6.54 Å². The van der Waals surface area contributed by atoms with Crippen LogP contribution in [0, 0.1) is 6.92 Å². The maximum atomic E-state index is 9.49. The Morgan fingerprint density at radius 2 is 2.00 bits per heavy atom. The first-order chi connectivity index (χ1) is 11.7. The fourth-order valence-corrected chi connectivity index (χ4v) is 4.50. The lowest BCUT2D eigenvalue weighted by molar-refractivity contribution is 0.0267. The van der Waals surface area contributed by atoms with E-state index in [1.165, 1.54) is 36.8 Å². The molecule has 1 heterocycles. The molecule has 24 heavy (non-hydrogen) atoms. The molecule has 0 radical (unpaired) electrons. The third-order valence-electron chi connectivity index (χ3n) is 5.73. The summed E-state index contributed by atoms with van der Waals surface area (Å²) in [6, 6.07) is 7.75. The van der Waals surface area contributed by atoms with Crippen molar-refractivity contribution in [2.24, 2.45) is 0 Å². The summed E-state index contributed by atoms with van der Waals surface area (Å²) in [5.74, 6) is 0.961. The fourth-order valence-electron chi connectivity index (χ4n) is 4.50. The maximum Gasteiger partial charge on any atom is 0.121 e. The lowest BCUT2D eigenvalue weighted by Crippen LogP contribution is -2.56. The summed E-state index contributed by atoms with van der Waals surface area (Å²) in [6.07, 6.45) is 6.34. The van der Waals surface area contributed by atoms with Gasteiger partial charge >= 0.3 is 0 Å². The summed E-state index contributed by atoms with van der Waals surface area (Å²) < 4.78 is 5.36. The van der Waals surface area contributed by atoms with Gasteiger partial charge in [0.15, 0.2) is 0 Å². The van der Waals surface area contributed by atoms with Crippen molar-refractivity contribution in [1.29, 1.82) is 0 Å². The van der Waals surface area contributed by atoms with Gasteiger partial charge in [0.2, 0.25) is 0 Å². The van der Waals surface area contributed by atoms with Crippen LogP contribution in [0.1, 0.15) is 43.2 Å². The average Bonchev–Trinajstić information content (AvgIpc) is 3.10. The summed E-state index contributed by atoms with van der Waals surface area (Å²) in [7, 11) is 1.73. The number of aliphatic hydroxyl groups excluding tert-OH is 1. The summed E-state index contributed by atoms with van der Waals surface area (Å²) >= 11 is 0. The van der Waals surface area contributed by atoms with E-state index in [0.717, 1.165) is 44.4 Å². The van der Waals surface area contributed by atoms with Crippen LogP contribution in [-0.4, -0.2) is 60.3 Å². The predicted molar refractivity (Wildman–Crippen MR) is 97.5 cm³/mol. The molecule has 134 valence electrons. The Labute approximate surface area is 146 Å². The smallest absolute Gasteiger partial charge is 0.121 e. The molecular weight excluding hydrogens is 300 g/mol. The fraction of sp³-hybridized carbons (Fsp3) is 0.700. The minimum absolute atomic E-state index is 0.295. The molecule has 0 unspecified atom stereocenters. The molecule has 1 aromatic rings. The zero-order valence-corrected chi connectivity index (χ0v) is 15.2. The topological polar surface area (TPSA) is 35.9 Å². The standard InChI is InChI=1S/C20H32N2O2/c1-16-13-17(7-8-20(16)24-2)14-21-10-11-22(18-5-3-4-6-18)19(15-21)9-12-23/h7-8,13,18-19,23H,3-6,9-12,14-15H2,1-2H3/t19-/m1/s1. The molecule has 1 aliphatic heterocycles. The number of methoxy groups -OCH3 is 1. The van der Waals surface area contributed by atoms with E-state index in [2.05, 4.69) is 34.9 Å². The summed E-state index contributed by atoms with van der Waals surface area (Å²) in [4.78, 5) is 5.24. The molecule has 0 amide bonds. The van der Waals surface area contributed by atoms with Gasteiger partial charge in [0.25, 0.3) is 0 Å². The van der Waals surface area contributed by atoms with Crippen molar-refractivity contribution in [3.05, 3.63) is 29.3 Å². The van der Waals surface area contributed by atoms with Gasteiger partial charge in [-0.1, -0.05) is 25.0 Å². The summed E-state index contributed by atoms with van der Waals surface area (Å²) in [5.41, 5.74) is 2.55. The van der Waals surface area contributed by atoms with Gasteiger partial charge in [0.05, 0.1) is 7.11 Å². The Morgan fingerprint density at radius 3 is 2.67 bits per heavy atom. The Bertz CT molecular complexity index is 528. The van der Waals surface area contributed by atoms with Gasteiger partial charge in [-0.2, -0.15) is 0 Å². The van der Waals surface area contributed by atoms with Gasteiger partial charge < -0.3 is 9.84 Å². The van der Waals surface area contributed by atoms with E-state index in [1.54, 1.807) is 7.11 Å². The highest BCUT2D eigenvalue weighted by Crippen LogP contribution is 2.28. The van der Waals surface area contributed by atoms with Gasteiger partial charge in [0.1, 0.15) is 5.75 Å². The molecule has 1 saturated carbocycles. The van der Waals surface area contributed by atoms with Crippen LogP contribution in [0.5, 0.6) is 5.75 Å². The highest BCUT2D eigenvalue weighted by molar-refractivity contribution is 5.36. The number of aliphatic hydroxyl groups is 1. The number of rotatable bonds is 6. The van der Waals surface area contributed by atoms with E-state index >= 15 is 0 Å². The van der Waals surface area contributed by atoms with Crippen molar-refractivity contribution in [2.75, 3.05) is 33.4 Å². The van der Waals surface area contributed by atoms with E-state index < -0.39 is 0 Å². The van der Waals surface area contributed by atoms with Gasteiger partial charge in [-0.25, -0.2) is 0 Å². The Kier molecular flexibility index (Phi) is 6.14. The lowest BCUT2D eigenvalue weighted by Gasteiger charge is -2.44. The first kappa shape index (κ1) is 17.7. The summed E-state index contributed by atoms with van der Waals surface area (Å²) in [6.45, 7) is 6.74. The molecule has 1 atom stereocenters. The minimum atomic E-state index is 0.295. The van der Waals surface area contributed by atoms with Crippen molar-refractivity contribution in [1.82, 2.24) is 9.80 Å². The monoisotopic (exact) mass is 332 g/mol. The van der Waals surface area contributed by atoms with Crippen molar-refractivity contribution in [3.8, 4) is 5.75 Å². The zero-order chi connectivity index (χ0) is 16.9. The van der Waals surface area contributed by atoms with E-state index in [-0.39, 0.29) is 0 Å². The molecule has 3 rings (SSSR count). The van der Waals surface area contributed by atoms with Crippen LogP contribution >= 0.6 is 0 Å². The average molecular weight is 332 g/mol. The highest BCUT2D eigenvalue weighted by atomic mass is 16.5. The molecule has 1 aromatic carbocycles. The van der Waals surface area contributed by atoms with Gasteiger partial charge in [-0.05, 0) is 43.4 Å². The third kappa shape index (κ3) is 4.11. The molecule has 4 nitrogen and oxygen atoms in total. The Hall–Kier alpha value is -1.10. The van der Waals surface area contributed by atoms with Gasteiger partial charge in [-0.3, -0.25) is 9.80 Å². The number of ether oxygens (including phenoxy) is 1. The Morgan fingerprint density at radius 1 is 1.21 bits per heavy atom. The zero-order valence-electron chi connectivity index (χ0n) is 15.2. The largest absolute Gasteiger partial charge is 0.496 e. The third-order valence-corrected chi connectivity index (χ3v) is 5.73. The first-order valence-corrected chi connectivity index (χ1v) is 9.43. The molecule has 2 aliphatic rings. The van der Waals surface area contributed by atoms with Crippen molar-refractivity contribution >= 4 is 0 Å².